The second-order valence-corrected chi connectivity index (χ2v) is 5.82. The maximum absolute atomic E-state index is 11.8. The molecule has 0 spiro atoms. The summed E-state index contributed by atoms with van der Waals surface area (Å²) >= 11 is 1.55. The summed E-state index contributed by atoms with van der Waals surface area (Å²) in [6.07, 6.45) is 7.73. The number of nitrogens with two attached hydrogens (primary N) is 1. The highest BCUT2D eigenvalue weighted by molar-refractivity contribution is 7.09. The first-order valence-electron chi connectivity index (χ1n) is 6.11. The highest BCUT2D eigenvalue weighted by Gasteiger charge is 2.29. The van der Waals surface area contributed by atoms with Gasteiger partial charge in [-0.15, -0.1) is 11.3 Å². The summed E-state index contributed by atoms with van der Waals surface area (Å²) < 4.78 is 0. The topological polar surface area (TPSA) is 68.0 Å². The number of hydrogen-bond acceptors (Lipinski definition) is 4. The summed E-state index contributed by atoms with van der Waals surface area (Å²) in [6.45, 7) is 0.569. The number of carbonyl (C=O) groups is 1. The summed E-state index contributed by atoms with van der Waals surface area (Å²) in [6, 6.07) is 0. The smallest absolute Gasteiger partial charge is 0.222 e. The van der Waals surface area contributed by atoms with E-state index in [4.69, 9.17) is 5.73 Å². The van der Waals surface area contributed by atoms with Crippen LogP contribution in [0.2, 0.25) is 0 Å². The highest BCUT2D eigenvalue weighted by Crippen LogP contribution is 2.28. The quantitative estimate of drug-likeness (QED) is 0.860. The van der Waals surface area contributed by atoms with Gasteiger partial charge in [-0.1, -0.05) is 19.3 Å². The molecule has 0 aromatic carbocycles. The van der Waals surface area contributed by atoms with Gasteiger partial charge in [0.2, 0.25) is 5.91 Å². The number of nitrogens with one attached hydrogen (secondary N) is 1. The van der Waals surface area contributed by atoms with E-state index in [2.05, 4.69) is 10.3 Å². The van der Waals surface area contributed by atoms with Crippen molar-refractivity contribution in [3.05, 3.63) is 16.6 Å². The molecule has 1 heterocycles. The van der Waals surface area contributed by atoms with Crippen molar-refractivity contribution in [2.24, 2.45) is 5.73 Å². The molecule has 0 aliphatic heterocycles. The van der Waals surface area contributed by atoms with Gasteiger partial charge in [0, 0.05) is 23.0 Å². The van der Waals surface area contributed by atoms with E-state index in [-0.39, 0.29) is 11.4 Å². The van der Waals surface area contributed by atoms with Gasteiger partial charge in [0.1, 0.15) is 0 Å². The normalized spacial score (nSPS) is 18.9. The molecule has 0 radical (unpaired) electrons. The average Bonchev–Trinajstić information content (AvgIpc) is 2.79. The monoisotopic (exact) mass is 253 g/mol. The summed E-state index contributed by atoms with van der Waals surface area (Å²) in [4.78, 5) is 16.9. The molecule has 0 bridgehead atoms. The van der Waals surface area contributed by atoms with Crippen LogP contribution in [-0.2, 0) is 11.3 Å². The number of aromatic nitrogens is 1. The second-order valence-electron chi connectivity index (χ2n) is 4.84. The standard InChI is InChI=1S/C12H19N3OS/c13-12(4-2-1-3-5-12)6-11(16)15-8-10-7-14-9-17-10/h7,9H,1-6,8,13H2,(H,15,16). The van der Waals surface area contributed by atoms with E-state index in [0.717, 1.165) is 30.6 Å². The third-order valence-electron chi connectivity index (χ3n) is 3.31. The lowest BCUT2D eigenvalue weighted by Crippen LogP contribution is -2.45. The third-order valence-corrected chi connectivity index (χ3v) is 4.08. The van der Waals surface area contributed by atoms with E-state index in [1.807, 2.05) is 0 Å². The largest absolute Gasteiger partial charge is 0.351 e. The van der Waals surface area contributed by atoms with E-state index in [9.17, 15) is 4.79 Å². The molecule has 0 atom stereocenters. The van der Waals surface area contributed by atoms with Gasteiger partial charge < -0.3 is 11.1 Å². The lowest BCUT2D eigenvalue weighted by molar-refractivity contribution is -0.122. The molecule has 94 valence electrons. The average molecular weight is 253 g/mol. The lowest BCUT2D eigenvalue weighted by atomic mass is 9.80. The van der Waals surface area contributed by atoms with Crippen LogP contribution in [0.25, 0.3) is 0 Å². The van der Waals surface area contributed by atoms with E-state index < -0.39 is 0 Å². The van der Waals surface area contributed by atoms with Gasteiger partial charge in [-0.25, -0.2) is 0 Å². The number of rotatable bonds is 4. The minimum absolute atomic E-state index is 0.0581. The minimum atomic E-state index is -0.268. The fraction of sp³-hybridized carbons (Fsp3) is 0.667. The predicted molar refractivity (Wildman–Crippen MR) is 68.6 cm³/mol. The van der Waals surface area contributed by atoms with Crippen molar-refractivity contribution < 1.29 is 4.79 Å². The van der Waals surface area contributed by atoms with Crippen molar-refractivity contribution in [2.45, 2.75) is 50.6 Å². The first kappa shape index (κ1) is 12.5. The molecule has 0 saturated heterocycles. The first-order valence-corrected chi connectivity index (χ1v) is 6.99. The Kier molecular flexibility index (Phi) is 4.12. The van der Waals surface area contributed by atoms with Crippen molar-refractivity contribution in [3.8, 4) is 0 Å². The predicted octanol–water partition coefficient (Wildman–Crippen LogP) is 1.81. The Morgan fingerprint density at radius 1 is 1.47 bits per heavy atom. The highest BCUT2D eigenvalue weighted by atomic mass is 32.1. The van der Waals surface area contributed by atoms with E-state index >= 15 is 0 Å². The SMILES string of the molecule is NC1(CC(=O)NCc2cncs2)CCCCC1. The molecule has 1 aromatic rings. The van der Waals surface area contributed by atoms with Crippen molar-refractivity contribution in [1.29, 1.82) is 0 Å². The van der Waals surface area contributed by atoms with Crippen molar-refractivity contribution in [1.82, 2.24) is 10.3 Å². The molecular weight excluding hydrogens is 234 g/mol. The Bertz CT molecular complexity index is 358. The molecule has 5 heteroatoms. The van der Waals surface area contributed by atoms with Crippen LogP contribution in [0.3, 0.4) is 0 Å². The number of amides is 1. The molecule has 17 heavy (non-hydrogen) atoms. The summed E-state index contributed by atoms with van der Waals surface area (Å²) in [7, 11) is 0. The van der Waals surface area contributed by atoms with Crippen LogP contribution in [-0.4, -0.2) is 16.4 Å². The van der Waals surface area contributed by atoms with Crippen LogP contribution in [0, 0.1) is 0 Å². The van der Waals surface area contributed by atoms with Crippen LogP contribution >= 0.6 is 11.3 Å². The van der Waals surface area contributed by atoms with Crippen molar-refractivity contribution in [2.75, 3.05) is 0 Å². The molecule has 0 unspecified atom stereocenters. The van der Waals surface area contributed by atoms with Crippen LogP contribution in [0.4, 0.5) is 0 Å². The Labute approximate surface area is 106 Å². The molecule has 1 amide bonds. The van der Waals surface area contributed by atoms with Crippen LogP contribution in [0.5, 0.6) is 0 Å². The molecule has 4 nitrogen and oxygen atoms in total. The Hall–Kier alpha value is -0.940. The Morgan fingerprint density at radius 2 is 2.24 bits per heavy atom. The number of hydrogen-bond donors (Lipinski definition) is 2. The van der Waals surface area contributed by atoms with Crippen LogP contribution in [0.1, 0.15) is 43.4 Å². The van der Waals surface area contributed by atoms with Gasteiger partial charge in [-0.2, -0.15) is 0 Å². The maximum atomic E-state index is 11.8. The van der Waals surface area contributed by atoms with Gasteiger partial charge in [-0.3, -0.25) is 9.78 Å². The first-order chi connectivity index (χ1) is 8.18. The minimum Gasteiger partial charge on any atom is -0.351 e. The van der Waals surface area contributed by atoms with Gasteiger partial charge in [0.15, 0.2) is 0 Å². The summed E-state index contributed by atoms with van der Waals surface area (Å²) in [5.41, 5.74) is 7.74. The zero-order valence-electron chi connectivity index (χ0n) is 9.95. The summed E-state index contributed by atoms with van der Waals surface area (Å²) in [5.74, 6) is 0.0581. The number of thiazole rings is 1. The Balaban J connectivity index is 1.76. The van der Waals surface area contributed by atoms with Gasteiger partial charge in [0.05, 0.1) is 12.1 Å². The summed E-state index contributed by atoms with van der Waals surface area (Å²) in [5, 5.41) is 2.91. The van der Waals surface area contributed by atoms with Gasteiger partial charge >= 0.3 is 0 Å². The van der Waals surface area contributed by atoms with Crippen LogP contribution in [0.15, 0.2) is 11.7 Å². The van der Waals surface area contributed by atoms with Gasteiger partial charge in [-0.05, 0) is 12.8 Å². The second kappa shape index (κ2) is 5.60. The lowest BCUT2D eigenvalue weighted by Gasteiger charge is -2.32. The molecule has 1 aromatic heterocycles. The molecule has 1 aliphatic carbocycles. The fourth-order valence-corrected chi connectivity index (χ4v) is 2.86. The van der Waals surface area contributed by atoms with Crippen molar-refractivity contribution >= 4 is 17.2 Å². The van der Waals surface area contributed by atoms with E-state index in [1.165, 1.54) is 6.42 Å². The maximum Gasteiger partial charge on any atom is 0.222 e. The van der Waals surface area contributed by atoms with Crippen molar-refractivity contribution in [3.63, 3.8) is 0 Å². The zero-order valence-corrected chi connectivity index (χ0v) is 10.8. The fourth-order valence-electron chi connectivity index (χ4n) is 2.33. The third kappa shape index (κ3) is 3.78. The molecule has 2 rings (SSSR count). The van der Waals surface area contributed by atoms with E-state index in [0.29, 0.717) is 13.0 Å². The molecule has 1 saturated carbocycles. The Morgan fingerprint density at radius 3 is 2.88 bits per heavy atom. The van der Waals surface area contributed by atoms with E-state index in [1.54, 1.807) is 23.0 Å². The van der Waals surface area contributed by atoms with Crippen LogP contribution < -0.4 is 11.1 Å². The number of carbonyl (C=O) groups excluding carboxylic acids is 1. The molecular formula is C12H19N3OS. The molecule has 1 aliphatic rings. The zero-order chi connectivity index (χ0) is 12.1. The molecule has 1 fully saturated rings. The number of nitrogens with zero attached hydrogens (tertiary/aromatic N) is 1. The van der Waals surface area contributed by atoms with Gasteiger partial charge in [0.25, 0.3) is 0 Å². The molecule has 3 N–H and O–H groups in total.